The molecule has 1 aliphatic carbocycles. The molecule has 0 saturated heterocycles. The molecular weight excluding hydrogens is 358 g/mol. The third kappa shape index (κ3) is 5.07. The maximum atomic E-state index is 12.4. The smallest absolute Gasteiger partial charge is 0.306 e. The quantitative estimate of drug-likeness (QED) is 0.785. The van der Waals surface area contributed by atoms with Gasteiger partial charge >= 0.3 is 5.97 Å². The Morgan fingerprint density at radius 3 is 2.71 bits per heavy atom. The minimum Gasteiger partial charge on any atom is -0.481 e. The van der Waals surface area contributed by atoms with Crippen LogP contribution in [0.25, 0.3) is 0 Å². The number of carbonyl (C=O) groups is 2. The second-order valence-corrected chi connectivity index (χ2v) is 6.91. The molecule has 0 spiro atoms. The van der Waals surface area contributed by atoms with E-state index in [1.54, 1.807) is 42.6 Å². The summed E-state index contributed by atoms with van der Waals surface area (Å²) < 4.78 is 5.74. The van der Waals surface area contributed by atoms with Crippen LogP contribution in [-0.4, -0.2) is 22.0 Å². The van der Waals surface area contributed by atoms with Gasteiger partial charge in [0.25, 0.3) is 0 Å². The molecule has 2 aromatic rings. The standard InChI is InChI=1S/C21H21N3O4/c22-13-15-3-1-4-17(11-15)28-20-18(5-2-10-23-20)24-19(25)12-14-6-8-16(9-7-14)21(26)27/h1-5,10-11,14,16H,6-9,12H2,(H,24,25)(H,26,27). The Labute approximate surface area is 163 Å². The lowest BCUT2D eigenvalue weighted by atomic mass is 9.80. The number of ether oxygens (including phenoxy) is 1. The molecule has 0 aliphatic heterocycles. The van der Waals surface area contributed by atoms with Gasteiger partial charge < -0.3 is 15.2 Å². The number of carboxylic acid groups (broad SMARTS) is 1. The molecule has 7 heteroatoms. The van der Waals surface area contributed by atoms with Gasteiger partial charge in [0.05, 0.1) is 17.6 Å². The average molecular weight is 379 g/mol. The molecule has 144 valence electrons. The van der Waals surface area contributed by atoms with Crippen LogP contribution in [0.5, 0.6) is 11.6 Å². The molecule has 1 aliphatic rings. The predicted octanol–water partition coefficient (Wildman–Crippen LogP) is 3.97. The maximum absolute atomic E-state index is 12.4. The van der Waals surface area contributed by atoms with Gasteiger partial charge in [0.1, 0.15) is 11.4 Å². The van der Waals surface area contributed by atoms with Gasteiger partial charge in [0.2, 0.25) is 11.8 Å². The van der Waals surface area contributed by atoms with Crippen LogP contribution in [-0.2, 0) is 9.59 Å². The highest BCUT2D eigenvalue weighted by Gasteiger charge is 2.27. The monoisotopic (exact) mass is 379 g/mol. The predicted molar refractivity (Wildman–Crippen MR) is 102 cm³/mol. The van der Waals surface area contributed by atoms with E-state index in [0.29, 0.717) is 36.3 Å². The number of carbonyl (C=O) groups excluding carboxylic acids is 1. The summed E-state index contributed by atoms with van der Waals surface area (Å²) in [5.41, 5.74) is 0.921. The molecule has 2 N–H and O–H groups in total. The van der Waals surface area contributed by atoms with Gasteiger partial charge in [-0.1, -0.05) is 6.07 Å². The Bertz CT molecular complexity index is 899. The Hall–Kier alpha value is -3.40. The Morgan fingerprint density at radius 2 is 2.00 bits per heavy atom. The summed E-state index contributed by atoms with van der Waals surface area (Å²) in [7, 11) is 0. The number of rotatable bonds is 6. The van der Waals surface area contributed by atoms with Crippen LogP contribution in [0.15, 0.2) is 42.6 Å². The summed E-state index contributed by atoms with van der Waals surface area (Å²) in [4.78, 5) is 27.7. The SMILES string of the molecule is N#Cc1cccc(Oc2ncccc2NC(=O)CC2CCC(C(=O)O)CC2)c1. The fourth-order valence-corrected chi connectivity index (χ4v) is 3.38. The van der Waals surface area contributed by atoms with Crippen molar-refractivity contribution in [2.24, 2.45) is 11.8 Å². The van der Waals surface area contributed by atoms with Gasteiger partial charge in [0.15, 0.2) is 0 Å². The van der Waals surface area contributed by atoms with E-state index in [9.17, 15) is 9.59 Å². The van der Waals surface area contributed by atoms with E-state index in [-0.39, 0.29) is 23.6 Å². The summed E-state index contributed by atoms with van der Waals surface area (Å²) in [5.74, 6) is -0.297. The largest absolute Gasteiger partial charge is 0.481 e. The molecule has 1 aromatic heterocycles. The molecule has 0 atom stereocenters. The summed E-state index contributed by atoms with van der Waals surface area (Å²) in [6, 6.07) is 12.1. The number of hydrogen-bond donors (Lipinski definition) is 2. The van der Waals surface area contributed by atoms with E-state index in [2.05, 4.69) is 10.3 Å². The van der Waals surface area contributed by atoms with Crippen LogP contribution in [0.2, 0.25) is 0 Å². The van der Waals surface area contributed by atoms with E-state index in [4.69, 9.17) is 15.1 Å². The van der Waals surface area contributed by atoms with Crippen molar-refractivity contribution in [3.63, 3.8) is 0 Å². The fourth-order valence-electron chi connectivity index (χ4n) is 3.38. The minimum atomic E-state index is -0.750. The number of carboxylic acids is 1. The second kappa shape index (κ2) is 9.00. The molecule has 1 heterocycles. The second-order valence-electron chi connectivity index (χ2n) is 6.91. The van der Waals surface area contributed by atoms with Crippen LogP contribution in [0.1, 0.15) is 37.7 Å². The first-order valence-corrected chi connectivity index (χ1v) is 9.21. The summed E-state index contributed by atoms with van der Waals surface area (Å²) >= 11 is 0. The van der Waals surface area contributed by atoms with Gasteiger partial charge in [0, 0.05) is 12.6 Å². The highest BCUT2D eigenvalue weighted by Crippen LogP contribution is 2.32. The number of amides is 1. The normalized spacial score (nSPS) is 18.7. The lowest BCUT2D eigenvalue weighted by Crippen LogP contribution is -2.24. The number of nitrogens with zero attached hydrogens (tertiary/aromatic N) is 2. The maximum Gasteiger partial charge on any atom is 0.306 e. The van der Waals surface area contributed by atoms with Crippen molar-refractivity contribution >= 4 is 17.6 Å². The molecule has 1 saturated carbocycles. The van der Waals surface area contributed by atoms with Crippen molar-refractivity contribution in [2.75, 3.05) is 5.32 Å². The minimum absolute atomic E-state index is 0.151. The molecule has 7 nitrogen and oxygen atoms in total. The van der Waals surface area contributed by atoms with Crippen LogP contribution in [0, 0.1) is 23.2 Å². The first-order valence-electron chi connectivity index (χ1n) is 9.21. The topological polar surface area (TPSA) is 112 Å². The molecule has 28 heavy (non-hydrogen) atoms. The van der Waals surface area contributed by atoms with Crippen molar-refractivity contribution < 1.29 is 19.4 Å². The molecular formula is C21H21N3O4. The zero-order valence-electron chi connectivity index (χ0n) is 15.3. The number of nitrogens with one attached hydrogen (secondary N) is 1. The number of aliphatic carboxylic acids is 1. The summed E-state index contributed by atoms with van der Waals surface area (Å²) in [6.07, 6.45) is 4.61. The summed E-state index contributed by atoms with van der Waals surface area (Å²) in [6.45, 7) is 0. The molecule has 1 aromatic carbocycles. The highest BCUT2D eigenvalue weighted by molar-refractivity contribution is 5.92. The Balaban J connectivity index is 1.61. The van der Waals surface area contributed by atoms with Crippen LogP contribution < -0.4 is 10.1 Å². The van der Waals surface area contributed by atoms with Crippen LogP contribution >= 0.6 is 0 Å². The Kier molecular flexibility index (Phi) is 6.22. The van der Waals surface area contributed by atoms with E-state index >= 15 is 0 Å². The lowest BCUT2D eigenvalue weighted by molar-refractivity contribution is -0.143. The van der Waals surface area contributed by atoms with Gasteiger partial charge in [-0.2, -0.15) is 5.26 Å². The van der Waals surface area contributed by atoms with E-state index in [0.717, 1.165) is 12.8 Å². The highest BCUT2D eigenvalue weighted by atomic mass is 16.5. The van der Waals surface area contributed by atoms with Gasteiger partial charge in [-0.15, -0.1) is 0 Å². The molecule has 3 rings (SSSR count). The molecule has 1 amide bonds. The van der Waals surface area contributed by atoms with E-state index in [1.807, 2.05) is 6.07 Å². The first-order chi connectivity index (χ1) is 13.5. The first kappa shape index (κ1) is 19.4. The van der Waals surface area contributed by atoms with Crippen molar-refractivity contribution in [3.8, 4) is 17.7 Å². The number of pyridine rings is 1. The van der Waals surface area contributed by atoms with Crippen molar-refractivity contribution in [3.05, 3.63) is 48.2 Å². The fraction of sp³-hybridized carbons (Fsp3) is 0.333. The van der Waals surface area contributed by atoms with Crippen LogP contribution in [0.3, 0.4) is 0 Å². The zero-order chi connectivity index (χ0) is 19.9. The average Bonchev–Trinajstić information content (AvgIpc) is 2.70. The Morgan fingerprint density at radius 1 is 1.21 bits per heavy atom. The third-order valence-electron chi connectivity index (χ3n) is 4.89. The lowest BCUT2D eigenvalue weighted by Gasteiger charge is -2.25. The number of aromatic nitrogens is 1. The molecule has 0 bridgehead atoms. The van der Waals surface area contributed by atoms with E-state index in [1.165, 1.54) is 0 Å². The number of nitriles is 1. The van der Waals surface area contributed by atoms with Gasteiger partial charge in [-0.05, 0) is 61.9 Å². The van der Waals surface area contributed by atoms with Gasteiger partial charge in [-0.3, -0.25) is 9.59 Å². The zero-order valence-corrected chi connectivity index (χ0v) is 15.3. The van der Waals surface area contributed by atoms with Crippen molar-refractivity contribution in [1.82, 2.24) is 4.98 Å². The number of benzene rings is 1. The molecule has 0 unspecified atom stereocenters. The molecule has 0 radical (unpaired) electrons. The van der Waals surface area contributed by atoms with Crippen molar-refractivity contribution in [1.29, 1.82) is 5.26 Å². The number of anilines is 1. The third-order valence-corrected chi connectivity index (χ3v) is 4.89. The van der Waals surface area contributed by atoms with Crippen molar-refractivity contribution in [2.45, 2.75) is 32.1 Å². The van der Waals surface area contributed by atoms with E-state index < -0.39 is 5.97 Å². The van der Waals surface area contributed by atoms with Crippen LogP contribution in [0.4, 0.5) is 5.69 Å². The summed E-state index contributed by atoms with van der Waals surface area (Å²) in [5, 5.41) is 20.9. The van der Waals surface area contributed by atoms with Gasteiger partial charge in [-0.25, -0.2) is 4.98 Å². The number of hydrogen-bond acceptors (Lipinski definition) is 5. The molecule has 1 fully saturated rings.